The lowest BCUT2D eigenvalue weighted by Gasteiger charge is -2.14. The van der Waals surface area contributed by atoms with Crippen LogP contribution < -0.4 is 4.90 Å². The van der Waals surface area contributed by atoms with E-state index in [2.05, 4.69) is 30.6 Å². The van der Waals surface area contributed by atoms with Crippen molar-refractivity contribution >= 4 is 11.8 Å². The number of H-pyrrole nitrogens is 2. The Morgan fingerprint density at radius 1 is 1.17 bits per heavy atom. The van der Waals surface area contributed by atoms with Gasteiger partial charge in [-0.05, 0) is 30.3 Å². The fourth-order valence-corrected chi connectivity index (χ4v) is 3.48. The summed E-state index contributed by atoms with van der Waals surface area (Å²) < 4.78 is 20.4. The molecule has 2 N–H and O–H groups in total. The van der Waals surface area contributed by atoms with Gasteiger partial charge in [-0.25, -0.2) is 9.18 Å². The second-order valence-corrected chi connectivity index (χ2v) is 6.82. The van der Waals surface area contributed by atoms with Crippen LogP contribution >= 0.6 is 0 Å². The summed E-state index contributed by atoms with van der Waals surface area (Å²) in [6, 6.07) is 10.1. The zero-order chi connectivity index (χ0) is 20.5. The van der Waals surface area contributed by atoms with Crippen molar-refractivity contribution < 1.29 is 13.9 Å². The number of amides is 1. The number of carbonyl (C=O) groups excluding carboxylic acids is 1. The molecule has 4 aromatic rings. The Bertz CT molecular complexity index is 1180. The van der Waals surface area contributed by atoms with E-state index in [9.17, 15) is 4.79 Å². The van der Waals surface area contributed by atoms with Crippen molar-refractivity contribution in [1.82, 2.24) is 30.6 Å². The van der Waals surface area contributed by atoms with Crippen LogP contribution in [0.5, 0.6) is 0 Å². The van der Waals surface area contributed by atoms with Crippen LogP contribution in [0.4, 0.5) is 14.9 Å². The third kappa shape index (κ3) is 3.28. The fourth-order valence-electron chi connectivity index (χ4n) is 3.48. The predicted octanol–water partition coefficient (Wildman–Crippen LogP) is 2.96. The number of hydrogen-bond donors (Lipinski definition) is 2. The molecule has 0 spiro atoms. The summed E-state index contributed by atoms with van der Waals surface area (Å²) in [5, 5.41) is 17.1. The summed E-state index contributed by atoms with van der Waals surface area (Å²) in [7, 11) is 0. The van der Waals surface area contributed by atoms with Crippen LogP contribution in [-0.4, -0.2) is 49.3 Å². The molecule has 1 aliphatic rings. The lowest BCUT2D eigenvalue weighted by atomic mass is 10.0. The lowest BCUT2D eigenvalue weighted by Crippen LogP contribution is -2.25. The first kappa shape index (κ1) is 18.0. The Morgan fingerprint density at radius 2 is 2.10 bits per heavy atom. The summed E-state index contributed by atoms with van der Waals surface area (Å²) >= 11 is 0. The average molecular weight is 405 g/mol. The van der Waals surface area contributed by atoms with Gasteiger partial charge >= 0.3 is 6.09 Å². The summed E-state index contributed by atoms with van der Waals surface area (Å²) in [6.45, 7) is 0.299. The van der Waals surface area contributed by atoms with Crippen molar-refractivity contribution in [2.75, 3.05) is 11.4 Å². The van der Waals surface area contributed by atoms with Gasteiger partial charge in [0.25, 0.3) is 0 Å². The summed E-state index contributed by atoms with van der Waals surface area (Å²) in [5.74, 6) is -0.485. The predicted molar refractivity (Wildman–Crippen MR) is 105 cm³/mol. The number of hydrogen-bond acceptors (Lipinski definition) is 6. The van der Waals surface area contributed by atoms with Crippen LogP contribution in [0.25, 0.3) is 22.5 Å². The Kier molecular flexibility index (Phi) is 4.43. The summed E-state index contributed by atoms with van der Waals surface area (Å²) in [6.07, 6.45) is 4.38. The van der Waals surface area contributed by atoms with Crippen LogP contribution in [0.15, 0.2) is 55.0 Å². The molecule has 30 heavy (non-hydrogen) atoms. The minimum Gasteiger partial charge on any atom is -0.444 e. The van der Waals surface area contributed by atoms with Gasteiger partial charge < -0.3 is 4.74 Å². The topological polar surface area (TPSA) is 113 Å². The Morgan fingerprint density at radius 3 is 2.87 bits per heavy atom. The van der Waals surface area contributed by atoms with Crippen molar-refractivity contribution in [3.8, 4) is 22.5 Å². The minimum atomic E-state index is -0.522. The number of ether oxygens (including phenoxy) is 1. The van der Waals surface area contributed by atoms with Gasteiger partial charge in [0.1, 0.15) is 11.9 Å². The molecule has 0 aliphatic carbocycles. The number of aromatic nitrogens is 6. The van der Waals surface area contributed by atoms with E-state index in [1.165, 1.54) is 11.0 Å². The van der Waals surface area contributed by atoms with E-state index >= 15 is 4.39 Å². The molecule has 1 amide bonds. The van der Waals surface area contributed by atoms with Crippen LogP contribution in [0.3, 0.4) is 0 Å². The third-order valence-electron chi connectivity index (χ3n) is 4.89. The van der Waals surface area contributed by atoms with Crippen molar-refractivity contribution in [2.45, 2.75) is 12.5 Å². The van der Waals surface area contributed by atoms with E-state index in [1.807, 2.05) is 18.2 Å². The van der Waals surface area contributed by atoms with Crippen LogP contribution in [0.2, 0.25) is 0 Å². The number of halogens is 1. The van der Waals surface area contributed by atoms with Crippen molar-refractivity contribution in [3.63, 3.8) is 0 Å². The van der Waals surface area contributed by atoms with Gasteiger partial charge in [0, 0.05) is 23.7 Å². The van der Waals surface area contributed by atoms with Crippen LogP contribution in [0.1, 0.15) is 5.69 Å². The molecule has 1 atom stereocenters. The molecule has 1 aliphatic heterocycles. The highest BCUT2D eigenvalue weighted by atomic mass is 19.1. The number of pyridine rings is 1. The van der Waals surface area contributed by atoms with E-state index in [0.717, 1.165) is 0 Å². The Labute approximate surface area is 169 Å². The van der Waals surface area contributed by atoms with Crippen molar-refractivity contribution in [1.29, 1.82) is 0 Å². The lowest BCUT2D eigenvalue weighted by molar-refractivity contribution is 0.141. The number of benzene rings is 1. The molecule has 1 fully saturated rings. The molecule has 10 heteroatoms. The number of nitrogens with one attached hydrogen (secondary N) is 2. The van der Waals surface area contributed by atoms with E-state index in [0.29, 0.717) is 46.9 Å². The molecule has 3 aromatic heterocycles. The number of nitrogens with zero attached hydrogens (tertiary/aromatic N) is 5. The van der Waals surface area contributed by atoms with Crippen LogP contribution in [-0.2, 0) is 11.2 Å². The molecule has 9 nitrogen and oxygen atoms in total. The maximum absolute atomic E-state index is 15.0. The summed E-state index contributed by atoms with van der Waals surface area (Å²) in [4.78, 5) is 18.0. The van der Waals surface area contributed by atoms with E-state index in [4.69, 9.17) is 4.74 Å². The zero-order valence-electron chi connectivity index (χ0n) is 15.6. The number of aromatic amines is 2. The molecule has 4 heterocycles. The molecule has 0 saturated carbocycles. The molecule has 150 valence electrons. The first-order chi connectivity index (χ1) is 14.7. The second-order valence-electron chi connectivity index (χ2n) is 6.82. The number of carbonyl (C=O) groups is 1. The first-order valence-corrected chi connectivity index (χ1v) is 9.26. The Hall–Kier alpha value is -4.08. The van der Waals surface area contributed by atoms with Gasteiger partial charge in [0.2, 0.25) is 0 Å². The molecule has 1 unspecified atom stereocenters. The highest BCUT2D eigenvalue weighted by Gasteiger charge is 2.33. The van der Waals surface area contributed by atoms with Crippen molar-refractivity contribution in [2.24, 2.45) is 0 Å². The molecule has 0 bridgehead atoms. The Balaban J connectivity index is 1.40. The van der Waals surface area contributed by atoms with Crippen LogP contribution in [0, 0.1) is 5.82 Å². The molecule has 0 radical (unpaired) electrons. The zero-order valence-corrected chi connectivity index (χ0v) is 15.6. The van der Waals surface area contributed by atoms with Gasteiger partial charge in [0.05, 0.1) is 41.7 Å². The second kappa shape index (κ2) is 7.39. The maximum Gasteiger partial charge on any atom is 0.414 e. The number of cyclic esters (lactones) is 1. The van der Waals surface area contributed by atoms with E-state index in [-0.39, 0.29) is 6.10 Å². The highest BCUT2D eigenvalue weighted by molar-refractivity contribution is 5.90. The van der Waals surface area contributed by atoms with Gasteiger partial charge in [0.15, 0.2) is 0 Å². The fraction of sp³-hybridized carbons (Fsp3) is 0.150. The number of anilines is 1. The smallest absolute Gasteiger partial charge is 0.414 e. The quantitative estimate of drug-likeness (QED) is 0.528. The first-order valence-electron chi connectivity index (χ1n) is 9.26. The van der Waals surface area contributed by atoms with Gasteiger partial charge in [-0.3, -0.25) is 15.0 Å². The molecule has 1 saturated heterocycles. The molecular formula is C20H16FN7O2. The minimum absolute atomic E-state index is 0.299. The SMILES string of the molecule is O=C1OC(Cc2cn[nH]n2)CN1c1ccc(-c2[nH]ncc2-c2ccccn2)c(F)c1. The van der Waals surface area contributed by atoms with Gasteiger partial charge in [-0.1, -0.05) is 6.07 Å². The van der Waals surface area contributed by atoms with E-state index < -0.39 is 11.9 Å². The third-order valence-corrected chi connectivity index (χ3v) is 4.89. The van der Waals surface area contributed by atoms with Gasteiger partial charge in [-0.2, -0.15) is 20.5 Å². The maximum atomic E-state index is 15.0. The largest absolute Gasteiger partial charge is 0.444 e. The summed E-state index contributed by atoms with van der Waals surface area (Å²) in [5.41, 5.74) is 3.34. The average Bonchev–Trinajstić information content (AvgIpc) is 3.50. The van der Waals surface area contributed by atoms with E-state index in [1.54, 1.807) is 30.7 Å². The molecule has 5 rings (SSSR count). The highest BCUT2D eigenvalue weighted by Crippen LogP contribution is 2.33. The monoisotopic (exact) mass is 405 g/mol. The van der Waals surface area contributed by atoms with Gasteiger partial charge in [-0.15, -0.1) is 0 Å². The molecule has 1 aromatic carbocycles. The number of rotatable bonds is 5. The molecular weight excluding hydrogens is 389 g/mol. The standard InChI is InChI=1S/C20H16FN7O2/c21-17-8-13(28-11-14(30-20(28)29)7-12-9-24-27-25-12)4-5-15(17)19-16(10-23-26-19)18-3-1-2-6-22-18/h1-6,8-10,14H,7,11H2,(H,23,26)(H,24,25,27). The normalized spacial score (nSPS) is 16.1. The van der Waals surface area contributed by atoms with Crippen molar-refractivity contribution in [3.05, 3.63) is 66.5 Å².